The van der Waals surface area contributed by atoms with E-state index in [4.69, 9.17) is 9.47 Å². The van der Waals surface area contributed by atoms with Gasteiger partial charge in [-0.1, -0.05) is 18.2 Å². The Morgan fingerprint density at radius 3 is 2.74 bits per heavy atom. The van der Waals surface area contributed by atoms with Gasteiger partial charge in [-0.05, 0) is 37.5 Å². The summed E-state index contributed by atoms with van der Waals surface area (Å²) in [5.74, 6) is 2.08. The van der Waals surface area contributed by atoms with Crippen LogP contribution in [-0.2, 0) is 9.47 Å². The first-order chi connectivity index (χ1) is 9.13. The first kappa shape index (κ1) is 13.9. The van der Waals surface area contributed by atoms with Crippen molar-refractivity contribution in [2.24, 2.45) is 11.8 Å². The van der Waals surface area contributed by atoms with Crippen LogP contribution >= 0.6 is 0 Å². The summed E-state index contributed by atoms with van der Waals surface area (Å²) in [5, 5.41) is 10.6. The van der Waals surface area contributed by atoms with E-state index in [0.717, 1.165) is 29.1 Å². The molecule has 3 unspecified atom stereocenters. The predicted molar refractivity (Wildman–Crippen MR) is 75.3 cm³/mol. The number of rotatable bonds is 2. The summed E-state index contributed by atoms with van der Waals surface area (Å²) in [6.45, 7) is 3.90. The minimum atomic E-state index is -0.501. The molecule has 1 fully saturated rings. The molecule has 0 saturated heterocycles. The predicted octanol–water partition coefficient (Wildman–Crippen LogP) is 2.95. The molecule has 0 bridgehead atoms. The second-order valence-electron chi connectivity index (χ2n) is 4.97. The number of allylic oxidation sites excluding steroid dienone is 5. The van der Waals surface area contributed by atoms with E-state index in [0.29, 0.717) is 0 Å². The highest BCUT2D eigenvalue weighted by molar-refractivity contribution is 5.43. The summed E-state index contributed by atoms with van der Waals surface area (Å²) in [6, 6.07) is 0. The molecule has 2 rings (SSSR count). The van der Waals surface area contributed by atoms with Gasteiger partial charge in [-0.15, -0.1) is 0 Å². The van der Waals surface area contributed by atoms with E-state index < -0.39 is 6.10 Å². The van der Waals surface area contributed by atoms with Crippen molar-refractivity contribution in [3.8, 4) is 0 Å². The Bertz CT molecular complexity index is 468. The van der Waals surface area contributed by atoms with Crippen molar-refractivity contribution < 1.29 is 14.6 Å². The van der Waals surface area contributed by atoms with Gasteiger partial charge in [-0.25, -0.2) is 0 Å². The fraction of sp³-hybridized carbons (Fsp3) is 0.500. The normalized spacial score (nSPS) is 34.7. The van der Waals surface area contributed by atoms with E-state index in [1.54, 1.807) is 14.2 Å². The fourth-order valence-electron chi connectivity index (χ4n) is 3.05. The zero-order chi connectivity index (χ0) is 14.0. The number of fused-ring (bicyclic) bond motifs is 1. The van der Waals surface area contributed by atoms with Gasteiger partial charge in [0.2, 0.25) is 0 Å². The number of aliphatic hydroxyl groups excluding tert-OH is 1. The maximum atomic E-state index is 10.6. The number of hydrogen-bond donors (Lipinski definition) is 1. The summed E-state index contributed by atoms with van der Waals surface area (Å²) in [5.41, 5.74) is 2.07. The van der Waals surface area contributed by atoms with Crippen LogP contribution in [0.1, 0.15) is 20.3 Å². The van der Waals surface area contributed by atoms with Gasteiger partial charge < -0.3 is 14.6 Å². The van der Waals surface area contributed by atoms with Crippen LogP contribution in [0.25, 0.3) is 0 Å². The zero-order valence-corrected chi connectivity index (χ0v) is 12.0. The molecule has 0 aliphatic heterocycles. The first-order valence-electron chi connectivity index (χ1n) is 6.64. The quantitative estimate of drug-likeness (QED) is 0.778. The molecule has 0 radical (unpaired) electrons. The lowest BCUT2D eigenvalue weighted by atomic mass is 9.69. The largest absolute Gasteiger partial charge is 0.501 e. The Kier molecular flexibility index (Phi) is 4.15. The summed E-state index contributed by atoms with van der Waals surface area (Å²) in [4.78, 5) is 0. The van der Waals surface area contributed by atoms with Crippen LogP contribution < -0.4 is 0 Å². The van der Waals surface area contributed by atoms with Crippen LogP contribution in [0.5, 0.6) is 0 Å². The standard InChI is InChI=1S/C16H22O3/c1-5-11-13(10(2)18-3)9-14-12(16(11)17)7-6-8-15(14)19-4/h5-8,12,14,16-17H,9H2,1-4H3/b11-5+,13-10+. The van der Waals surface area contributed by atoms with E-state index in [1.807, 2.05) is 32.1 Å². The smallest absolute Gasteiger partial charge is 0.0996 e. The molecule has 0 heterocycles. The van der Waals surface area contributed by atoms with Gasteiger partial charge in [0.05, 0.1) is 31.8 Å². The van der Waals surface area contributed by atoms with Crippen molar-refractivity contribution in [1.82, 2.24) is 0 Å². The van der Waals surface area contributed by atoms with Gasteiger partial charge in [-0.3, -0.25) is 0 Å². The lowest BCUT2D eigenvalue weighted by Crippen LogP contribution is -2.37. The average Bonchev–Trinajstić information content (AvgIpc) is 2.45. The van der Waals surface area contributed by atoms with Gasteiger partial charge in [0.25, 0.3) is 0 Å². The molecule has 1 saturated carbocycles. The molecule has 0 aromatic heterocycles. The zero-order valence-electron chi connectivity index (χ0n) is 12.0. The van der Waals surface area contributed by atoms with Gasteiger partial charge in [0, 0.05) is 11.8 Å². The lowest BCUT2D eigenvalue weighted by Gasteiger charge is -2.39. The highest BCUT2D eigenvalue weighted by Crippen LogP contribution is 2.44. The van der Waals surface area contributed by atoms with E-state index >= 15 is 0 Å². The average molecular weight is 262 g/mol. The second-order valence-corrected chi connectivity index (χ2v) is 4.97. The molecule has 3 heteroatoms. The maximum absolute atomic E-state index is 10.6. The molecular weight excluding hydrogens is 240 g/mol. The number of hydrogen-bond acceptors (Lipinski definition) is 3. The van der Waals surface area contributed by atoms with Crippen molar-refractivity contribution in [1.29, 1.82) is 0 Å². The molecule has 3 nitrogen and oxygen atoms in total. The van der Waals surface area contributed by atoms with Crippen LogP contribution in [0.4, 0.5) is 0 Å². The Morgan fingerprint density at radius 1 is 1.42 bits per heavy atom. The van der Waals surface area contributed by atoms with Crippen LogP contribution in [0.3, 0.4) is 0 Å². The summed E-state index contributed by atoms with van der Waals surface area (Å²) < 4.78 is 10.8. The lowest BCUT2D eigenvalue weighted by molar-refractivity contribution is 0.0974. The topological polar surface area (TPSA) is 38.7 Å². The third kappa shape index (κ3) is 2.35. The minimum Gasteiger partial charge on any atom is -0.501 e. The van der Waals surface area contributed by atoms with E-state index in [-0.39, 0.29) is 11.8 Å². The van der Waals surface area contributed by atoms with Gasteiger partial charge in [0.1, 0.15) is 0 Å². The molecular formula is C16H22O3. The number of methoxy groups -OCH3 is 2. The summed E-state index contributed by atoms with van der Waals surface area (Å²) in [6.07, 6.45) is 8.34. The van der Waals surface area contributed by atoms with E-state index in [2.05, 4.69) is 6.08 Å². The van der Waals surface area contributed by atoms with E-state index in [9.17, 15) is 5.11 Å². The van der Waals surface area contributed by atoms with E-state index in [1.165, 1.54) is 0 Å². The molecule has 104 valence electrons. The third-order valence-corrected chi connectivity index (χ3v) is 4.16. The molecule has 1 N–H and O–H groups in total. The molecule has 3 atom stereocenters. The fourth-order valence-corrected chi connectivity index (χ4v) is 3.05. The molecule has 2 aliphatic rings. The van der Waals surface area contributed by atoms with Crippen molar-refractivity contribution >= 4 is 0 Å². The Labute approximate surface area is 114 Å². The Balaban J connectivity index is 2.43. The van der Waals surface area contributed by atoms with Crippen LogP contribution in [0.15, 0.2) is 47.0 Å². The SMILES string of the molecule is C/C=C1\C(=C(/C)OC)CC2C(OC)=CC=CC2C1O. The molecule has 0 aromatic carbocycles. The van der Waals surface area contributed by atoms with Gasteiger partial charge in [0.15, 0.2) is 0 Å². The first-order valence-corrected chi connectivity index (χ1v) is 6.64. The minimum absolute atomic E-state index is 0.0829. The molecule has 0 aromatic rings. The Hall–Kier alpha value is -1.48. The number of aliphatic hydroxyl groups is 1. The molecule has 0 amide bonds. The van der Waals surface area contributed by atoms with Gasteiger partial charge in [-0.2, -0.15) is 0 Å². The number of ether oxygens (including phenoxy) is 2. The molecule has 2 aliphatic carbocycles. The summed E-state index contributed by atoms with van der Waals surface area (Å²) in [7, 11) is 3.36. The van der Waals surface area contributed by atoms with Crippen LogP contribution in [-0.4, -0.2) is 25.4 Å². The summed E-state index contributed by atoms with van der Waals surface area (Å²) >= 11 is 0. The highest BCUT2D eigenvalue weighted by atomic mass is 16.5. The second kappa shape index (κ2) is 5.66. The van der Waals surface area contributed by atoms with Crippen LogP contribution in [0, 0.1) is 11.8 Å². The van der Waals surface area contributed by atoms with Crippen molar-refractivity contribution in [2.45, 2.75) is 26.4 Å². The molecule has 0 spiro atoms. The van der Waals surface area contributed by atoms with Crippen molar-refractivity contribution in [3.05, 3.63) is 47.0 Å². The monoisotopic (exact) mass is 262 g/mol. The van der Waals surface area contributed by atoms with Gasteiger partial charge >= 0.3 is 0 Å². The highest BCUT2D eigenvalue weighted by Gasteiger charge is 2.40. The van der Waals surface area contributed by atoms with Crippen molar-refractivity contribution in [2.75, 3.05) is 14.2 Å². The van der Waals surface area contributed by atoms with Crippen LogP contribution in [0.2, 0.25) is 0 Å². The van der Waals surface area contributed by atoms with Crippen molar-refractivity contribution in [3.63, 3.8) is 0 Å². The Morgan fingerprint density at radius 2 is 2.16 bits per heavy atom. The third-order valence-electron chi connectivity index (χ3n) is 4.16. The molecule has 19 heavy (non-hydrogen) atoms. The maximum Gasteiger partial charge on any atom is 0.0996 e.